The van der Waals surface area contributed by atoms with E-state index in [1.807, 2.05) is 0 Å². The number of methoxy groups -OCH3 is 3. The molecule has 1 aliphatic heterocycles. The summed E-state index contributed by atoms with van der Waals surface area (Å²) >= 11 is 12.1. The van der Waals surface area contributed by atoms with Crippen LogP contribution < -0.4 is 14.4 Å². The number of hydrogen-bond donors (Lipinski definition) is 1. The molecule has 9 nitrogen and oxygen atoms in total. The molecule has 11 heteroatoms. The van der Waals surface area contributed by atoms with Crippen LogP contribution in [0.25, 0.3) is 0 Å². The summed E-state index contributed by atoms with van der Waals surface area (Å²) in [6.45, 7) is 1.89. The summed E-state index contributed by atoms with van der Waals surface area (Å²) in [5.74, 6) is 0.790. The molecule has 2 amide bonds. The molecule has 3 rings (SSSR count). The highest BCUT2D eigenvalue weighted by Gasteiger charge is 2.39. The summed E-state index contributed by atoms with van der Waals surface area (Å²) in [4.78, 5) is 31.5. The van der Waals surface area contributed by atoms with E-state index < -0.39 is 24.3 Å². The summed E-state index contributed by atoms with van der Waals surface area (Å²) < 4.78 is 15.8. The Labute approximate surface area is 195 Å². The first-order valence-electron chi connectivity index (χ1n) is 9.64. The van der Waals surface area contributed by atoms with Gasteiger partial charge in [0.15, 0.2) is 11.5 Å². The molecular formula is C21H23Cl2N3O6. The van der Waals surface area contributed by atoms with Crippen molar-refractivity contribution in [1.82, 2.24) is 9.88 Å². The molecule has 0 saturated heterocycles. The van der Waals surface area contributed by atoms with Gasteiger partial charge in [0.25, 0.3) is 0 Å². The molecule has 0 spiro atoms. The zero-order valence-electron chi connectivity index (χ0n) is 18.0. The number of rotatable bonds is 5. The van der Waals surface area contributed by atoms with Crippen LogP contribution in [0, 0.1) is 0 Å². The number of anilines is 1. The molecule has 0 radical (unpaired) electrons. The first-order valence-corrected chi connectivity index (χ1v) is 10.4. The average Bonchev–Trinajstić information content (AvgIpc) is 2.74. The number of amides is 2. The number of carboxylic acid groups (broad SMARTS) is 1. The zero-order valence-corrected chi connectivity index (χ0v) is 19.5. The fourth-order valence-electron chi connectivity index (χ4n) is 3.96. The van der Waals surface area contributed by atoms with Crippen molar-refractivity contribution in [3.63, 3.8) is 0 Å². The molecule has 1 aromatic heterocycles. The van der Waals surface area contributed by atoms with Gasteiger partial charge in [-0.05, 0) is 37.1 Å². The SMILES string of the molecule is COC(=O)N(Cc1cc(Cl)nc(Cl)c1)[C@H]1C[C@@H](C)N(C(=O)O)c2cc(OC)c(OC)cc21. The molecule has 1 aliphatic rings. The molecule has 0 unspecified atom stereocenters. The lowest BCUT2D eigenvalue weighted by molar-refractivity contribution is 0.0947. The lowest BCUT2D eigenvalue weighted by Crippen LogP contribution is -2.47. The van der Waals surface area contributed by atoms with Gasteiger partial charge < -0.3 is 19.3 Å². The highest BCUT2D eigenvalue weighted by Crippen LogP contribution is 2.46. The number of aromatic nitrogens is 1. The van der Waals surface area contributed by atoms with E-state index in [9.17, 15) is 14.7 Å². The smallest absolute Gasteiger partial charge is 0.412 e. The van der Waals surface area contributed by atoms with Crippen molar-refractivity contribution in [1.29, 1.82) is 0 Å². The standard InChI is InChI=1S/C21H23Cl2N3O6/c1-11-5-14(25(21(29)32-4)10-12-6-18(22)24-19(23)7-12)13-8-16(30-2)17(31-3)9-15(13)26(11)20(27)28/h6-9,11,14H,5,10H2,1-4H3,(H,27,28)/t11-,14+/m1/s1. The van der Waals surface area contributed by atoms with Gasteiger partial charge in [0, 0.05) is 24.2 Å². The van der Waals surface area contributed by atoms with E-state index in [1.54, 1.807) is 31.2 Å². The first kappa shape index (κ1) is 23.7. The second-order valence-electron chi connectivity index (χ2n) is 7.24. The number of pyridine rings is 1. The van der Waals surface area contributed by atoms with E-state index in [0.717, 1.165) is 0 Å². The molecular weight excluding hydrogens is 461 g/mol. The van der Waals surface area contributed by atoms with Crippen LogP contribution >= 0.6 is 23.2 Å². The van der Waals surface area contributed by atoms with Crippen LogP contribution in [0.5, 0.6) is 11.5 Å². The van der Waals surface area contributed by atoms with Crippen LogP contribution in [0.2, 0.25) is 10.3 Å². The molecule has 2 atom stereocenters. The third-order valence-corrected chi connectivity index (χ3v) is 5.71. The van der Waals surface area contributed by atoms with Gasteiger partial charge in [-0.25, -0.2) is 14.6 Å². The van der Waals surface area contributed by atoms with Crippen molar-refractivity contribution in [2.75, 3.05) is 26.2 Å². The first-order chi connectivity index (χ1) is 15.2. The molecule has 0 aliphatic carbocycles. The summed E-state index contributed by atoms with van der Waals surface area (Å²) in [6, 6.07) is 5.54. The van der Waals surface area contributed by atoms with Gasteiger partial charge in [0.2, 0.25) is 0 Å². The van der Waals surface area contributed by atoms with Crippen LogP contribution in [0.15, 0.2) is 24.3 Å². The van der Waals surface area contributed by atoms with Crippen molar-refractivity contribution >= 4 is 41.1 Å². The molecule has 172 valence electrons. The Hall–Kier alpha value is -2.91. The Kier molecular flexibility index (Phi) is 7.20. The molecule has 2 heterocycles. The number of fused-ring (bicyclic) bond motifs is 1. The molecule has 0 saturated carbocycles. The predicted octanol–water partition coefficient (Wildman–Crippen LogP) is 4.99. The molecule has 32 heavy (non-hydrogen) atoms. The van der Waals surface area contributed by atoms with Gasteiger partial charge >= 0.3 is 12.2 Å². The number of benzene rings is 1. The number of nitrogens with zero attached hydrogens (tertiary/aromatic N) is 3. The van der Waals surface area contributed by atoms with Crippen LogP contribution in [-0.2, 0) is 11.3 Å². The number of carbonyl (C=O) groups excluding carboxylic acids is 1. The Bertz CT molecular complexity index is 1010. The van der Waals surface area contributed by atoms with Gasteiger partial charge in [-0.3, -0.25) is 9.80 Å². The number of hydrogen-bond acceptors (Lipinski definition) is 6. The van der Waals surface area contributed by atoms with E-state index in [1.165, 1.54) is 31.1 Å². The minimum Gasteiger partial charge on any atom is -0.493 e. The van der Waals surface area contributed by atoms with E-state index in [-0.39, 0.29) is 16.9 Å². The number of halogens is 2. The Morgan fingerprint density at radius 1 is 1.12 bits per heavy atom. The highest BCUT2D eigenvalue weighted by molar-refractivity contribution is 6.32. The van der Waals surface area contributed by atoms with Gasteiger partial charge in [-0.1, -0.05) is 23.2 Å². The minimum absolute atomic E-state index is 0.118. The third-order valence-electron chi connectivity index (χ3n) is 5.32. The maximum Gasteiger partial charge on any atom is 0.412 e. The minimum atomic E-state index is -1.11. The molecule has 0 fully saturated rings. The van der Waals surface area contributed by atoms with Crippen LogP contribution in [0.4, 0.5) is 15.3 Å². The Balaban J connectivity index is 2.15. The normalized spacial score (nSPS) is 17.4. The zero-order chi connectivity index (χ0) is 23.6. The van der Waals surface area contributed by atoms with Gasteiger partial charge in [-0.15, -0.1) is 0 Å². The fraction of sp³-hybridized carbons (Fsp3) is 0.381. The third kappa shape index (κ3) is 4.63. The second-order valence-corrected chi connectivity index (χ2v) is 8.01. The molecule has 1 aromatic carbocycles. The van der Waals surface area contributed by atoms with Crippen LogP contribution in [-0.4, -0.2) is 54.5 Å². The predicted molar refractivity (Wildman–Crippen MR) is 119 cm³/mol. The molecule has 2 aromatic rings. The van der Waals surface area contributed by atoms with Crippen molar-refractivity contribution in [2.45, 2.75) is 32.0 Å². The van der Waals surface area contributed by atoms with Crippen molar-refractivity contribution in [2.24, 2.45) is 0 Å². The van der Waals surface area contributed by atoms with E-state index in [0.29, 0.717) is 34.7 Å². The maximum atomic E-state index is 12.8. The largest absolute Gasteiger partial charge is 0.493 e. The number of carbonyl (C=O) groups is 2. The van der Waals surface area contributed by atoms with Crippen LogP contribution in [0.3, 0.4) is 0 Å². The van der Waals surface area contributed by atoms with Gasteiger partial charge in [0.1, 0.15) is 10.3 Å². The summed E-state index contributed by atoms with van der Waals surface area (Å²) in [6.07, 6.45) is -1.37. The summed E-state index contributed by atoms with van der Waals surface area (Å²) in [7, 11) is 4.24. The van der Waals surface area contributed by atoms with Gasteiger partial charge in [-0.2, -0.15) is 0 Å². The molecule has 0 bridgehead atoms. The molecule has 1 N–H and O–H groups in total. The van der Waals surface area contributed by atoms with Crippen LogP contribution in [0.1, 0.15) is 30.5 Å². The topological polar surface area (TPSA) is 101 Å². The fourth-order valence-corrected chi connectivity index (χ4v) is 4.47. The van der Waals surface area contributed by atoms with Crippen molar-refractivity contribution < 1.29 is 28.9 Å². The Morgan fingerprint density at radius 2 is 1.72 bits per heavy atom. The van der Waals surface area contributed by atoms with E-state index in [2.05, 4.69) is 4.98 Å². The lowest BCUT2D eigenvalue weighted by Gasteiger charge is -2.42. The quantitative estimate of drug-likeness (QED) is 0.597. The summed E-state index contributed by atoms with van der Waals surface area (Å²) in [5.41, 5.74) is 1.63. The van der Waals surface area contributed by atoms with Gasteiger partial charge in [0.05, 0.1) is 33.1 Å². The second kappa shape index (κ2) is 9.70. The maximum absolute atomic E-state index is 12.8. The Morgan fingerprint density at radius 3 is 2.25 bits per heavy atom. The van der Waals surface area contributed by atoms with E-state index >= 15 is 0 Å². The van der Waals surface area contributed by atoms with E-state index in [4.69, 9.17) is 37.4 Å². The number of ether oxygens (including phenoxy) is 3. The summed E-state index contributed by atoms with van der Waals surface area (Å²) in [5, 5.41) is 10.2. The van der Waals surface area contributed by atoms with Crippen molar-refractivity contribution in [3.8, 4) is 11.5 Å². The lowest BCUT2D eigenvalue weighted by atomic mass is 9.90. The van der Waals surface area contributed by atoms with Crippen molar-refractivity contribution in [3.05, 3.63) is 45.7 Å². The monoisotopic (exact) mass is 483 g/mol. The average molecular weight is 484 g/mol. The highest BCUT2D eigenvalue weighted by atomic mass is 35.5.